The number of halogens is 1. The Morgan fingerprint density at radius 1 is 1.03 bits per heavy atom. The van der Waals surface area contributed by atoms with E-state index >= 15 is 0 Å². The molecule has 1 aliphatic rings. The summed E-state index contributed by atoms with van der Waals surface area (Å²) in [6.45, 7) is 2.52. The van der Waals surface area contributed by atoms with Crippen LogP contribution in [0.2, 0.25) is 5.02 Å². The summed E-state index contributed by atoms with van der Waals surface area (Å²) in [5, 5.41) is 7.26. The first-order valence-electron chi connectivity index (χ1n) is 10.6. The van der Waals surface area contributed by atoms with E-state index in [1.54, 1.807) is 45.8 Å². The molecule has 4 aromatic rings. The number of carbonyl (C=O) groups is 2. The van der Waals surface area contributed by atoms with Gasteiger partial charge in [0.05, 0.1) is 23.6 Å². The number of carbonyl (C=O) groups excluding carboxylic acids is 2. The summed E-state index contributed by atoms with van der Waals surface area (Å²) in [6, 6.07) is 17.2. The van der Waals surface area contributed by atoms with Crippen LogP contribution in [0.3, 0.4) is 0 Å². The van der Waals surface area contributed by atoms with Crippen molar-refractivity contribution in [3.8, 4) is 0 Å². The molecule has 1 aliphatic heterocycles. The Labute approximate surface area is 205 Å². The van der Waals surface area contributed by atoms with E-state index in [-0.39, 0.29) is 11.8 Å². The molecule has 2 aromatic carbocycles. The zero-order valence-electron chi connectivity index (χ0n) is 17.9. The molecule has 0 saturated carbocycles. The van der Waals surface area contributed by atoms with Crippen molar-refractivity contribution in [3.05, 3.63) is 102 Å². The minimum Gasteiger partial charge on any atom is -0.326 e. The van der Waals surface area contributed by atoms with Crippen LogP contribution in [0.15, 0.2) is 65.4 Å². The number of anilines is 2. The van der Waals surface area contributed by atoms with E-state index in [9.17, 15) is 9.59 Å². The van der Waals surface area contributed by atoms with Crippen LogP contribution in [-0.2, 0) is 24.2 Å². The fourth-order valence-electron chi connectivity index (χ4n) is 4.09. The van der Waals surface area contributed by atoms with Crippen molar-refractivity contribution in [2.45, 2.75) is 26.3 Å². The van der Waals surface area contributed by atoms with Gasteiger partial charge in [0.1, 0.15) is 0 Å². The molecule has 5 rings (SSSR count). The van der Waals surface area contributed by atoms with Gasteiger partial charge in [-0.25, -0.2) is 0 Å². The maximum Gasteiger partial charge on any atom is 0.260 e. The first-order chi connectivity index (χ1) is 16.0. The summed E-state index contributed by atoms with van der Waals surface area (Å²) in [6.07, 6.45) is 1.11. The van der Waals surface area contributed by atoms with Crippen molar-refractivity contribution in [3.63, 3.8) is 0 Å². The first-order valence-corrected chi connectivity index (χ1v) is 12.7. The average Bonchev–Trinajstić information content (AvgIpc) is 3.37. The molecule has 166 valence electrons. The van der Waals surface area contributed by atoms with E-state index in [2.05, 4.69) is 22.8 Å². The molecule has 2 aromatic heterocycles. The number of amides is 2. The van der Waals surface area contributed by atoms with Crippen molar-refractivity contribution in [1.82, 2.24) is 0 Å². The molecule has 4 nitrogen and oxygen atoms in total. The highest BCUT2D eigenvalue weighted by molar-refractivity contribution is 7.10. The Kier molecular flexibility index (Phi) is 6.06. The molecule has 33 heavy (non-hydrogen) atoms. The van der Waals surface area contributed by atoms with Gasteiger partial charge < -0.3 is 10.2 Å². The van der Waals surface area contributed by atoms with E-state index in [1.165, 1.54) is 10.4 Å². The fourth-order valence-corrected chi connectivity index (χ4v) is 5.97. The van der Waals surface area contributed by atoms with Crippen LogP contribution in [-0.4, -0.2) is 11.8 Å². The standard InChI is InChI=1S/C26H21ClN2O2S2/c1-16-17(8-10-32-16)13-25(30)28-20-6-7-21(22(27)14-20)26(31)29-15-24-19(9-11-33-24)12-18-4-2-3-5-23(18)29/h2-11,14H,12-13,15H2,1H3,(H,28,30). The van der Waals surface area contributed by atoms with E-state index in [0.717, 1.165) is 28.1 Å². The van der Waals surface area contributed by atoms with E-state index in [0.29, 0.717) is 29.2 Å². The molecular formula is C26H21ClN2O2S2. The minimum atomic E-state index is -0.152. The Balaban J connectivity index is 1.39. The number of hydrogen-bond donors (Lipinski definition) is 1. The molecule has 1 N–H and O–H groups in total. The smallest absolute Gasteiger partial charge is 0.260 e. The Hall–Kier alpha value is -2.93. The molecule has 0 aliphatic carbocycles. The van der Waals surface area contributed by atoms with Crippen LogP contribution >= 0.6 is 34.3 Å². The molecule has 0 atom stereocenters. The number of aryl methyl sites for hydroxylation is 1. The molecule has 3 heterocycles. The van der Waals surface area contributed by atoms with Gasteiger partial charge in [-0.15, -0.1) is 22.7 Å². The van der Waals surface area contributed by atoms with Crippen LogP contribution in [0.1, 0.15) is 36.8 Å². The van der Waals surface area contributed by atoms with Gasteiger partial charge in [0, 0.05) is 27.5 Å². The maximum absolute atomic E-state index is 13.6. The van der Waals surface area contributed by atoms with Gasteiger partial charge in [0.2, 0.25) is 5.91 Å². The van der Waals surface area contributed by atoms with Gasteiger partial charge in [0.15, 0.2) is 0 Å². The summed E-state index contributed by atoms with van der Waals surface area (Å²) in [5.74, 6) is -0.265. The first kappa shape index (κ1) is 21.9. The number of fused-ring (bicyclic) bond motifs is 2. The SMILES string of the molecule is Cc1sccc1CC(=O)Nc1ccc(C(=O)N2Cc3sccc3Cc3ccccc32)c(Cl)c1. The fraction of sp³-hybridized carbons (Fsp3) is 0.154. The van der Waals surface area contributed by atoms with Crippen LogP contribution in [0.4, 0.5) is 11.4 Å². The number of benzene rings is 2. The molecule has 0 radical (unpaired) electrons. The summed E-state index contributed by atoms with van der Waals surface area (Å²) >= 11 is 9.84. The van der Waals surface area contributed by atoms with Gasteiger partial charge in [-0.3, -0.25) is 9.59 Å². The third-order valence-electron chi connectivity index (χ3n) is 5.85. The van der Waals surface area contributed by atoms with Crippen LogP contribution in [0, 0.1) is 6.92 Å². The van der Waals surface area contributed by atoms with Crippen molar-refractivity contribution >= 4 is 57.5 Å². The largest absolute Gasteiger partial charge is 0.326 e. The number of nitrogens with one attached hydrogen (secondary N) is 1. The third kappa shape index (κ3) is 4.47. The van der Waals surface area contributed by atoms with Crippen LogP contribution in [0.25, 0.3) is 0 Å². The number of thiophene rings is 2. The van der Waals surface area contributed by atoms with Gasteiger partial charge >= 0.3 is 0 Å². The highest BCUT2D eigenvalue weighted by Crippen LogP contribution is 2.35. The monoisotopic (exact) mass is 492 g/mol. The number of rotatable bonds is 4. The topological polar surface area (TPSA) is 49.4 Å². The summed E-state index contributed by atoms with van der Waals surface area (Å²) in [5.41, 5.74) is 5.29. The molecule has 0 spiro atoms. The lowest BCUT2D eigenvalue weighted by Crippen LogP contribution is -2.30. The highest BCUT2D eigenvalue weighted by Gasteiger charge is 2.27. The predicted octanol–water partition coefficient (Wildman–Crippen LogP) is 6.70. The minimum absolute atomic E-state index is 0.113. The Morgan fingerprint density at radius 2 is 1.85 bits per heavy atom. The molecule has 0 saturated heterocycles. The summed E-state index contributed by atoms with van der Waals surface area (Å²) in [4.78, 5) is 30.2. The molecular weight excluding hydrogens is 472 g/mol. The summed E-state index contributed by atoms with van der Waals surface area (Å²) < 4.78 is 0. The zero-order valence-corrected chi connectivity index (χ0v) is 20.3. The van der Waals surface area contributed by atoms with Crippen molar-refractivity contribution in [2.24, 2.45) is 0 Å². The van der Waals surface area contributed by atoms with Gasteiger partial charge in [-0.05, 0) is 70.8 Å². The van der Waals surface area contributed by atoms with Crippen molar-refractivity contribution in [2.75, 3.05) is 10.2 Å². The lowest BCUT2D eigenvalue weighted by Gasteiger charge is -2.23. The average molecular weight is 493 g/mol. The quantitative estimate of drug-likeness (QED) is 0.344. The second-order valence-electron chi connectivity index (χ2n) is 7.99. The highest BCUT2D eigenvalue weighted by atomic mass is 35.5. The number of para-hydroxylation sites is 1. The van der Waals surface area contributed by atoms with Gasteiger partial charge in [-0.1, -0.05) is 29.8 Å². The Bertz CT molecular complexity index is 1360. The third-order valence-corrected chi connectivity index (χ3v) is 8.00. The zero-order chi connectivity index (χ0) is 22.9. The molecule has 2 amide bonds. The second kappa shape index (κ2) is 9.14. The van der Waals surface area contributed by atoms with E-state index < -0.39 is 0 Å². The molecule has 7 heteroatoms. The second-order valence-corrected chi connectivity index (χ2v) is 10.5. The normalized spacial score (nSPS) is 12.6. The summed E-state index contributed by atoms with van der Waals surface area (Å²) in [7, 11) is 0. The van der Waals surface area contributed by atoms with E-state index in [1.807, 2.05) is 36.6 Å². The van der Waals surface area contributed by atoms with Gasteiger partial charge in [0.25, 0.3) is 5.91 Å². The van der Waals surface area contributed by atoms with Crippen molar-refractivity contribution in [1.29, 1.82) is 0 Å². The molecule has 0 fully saturated rings. The molecule has 0 unspecified atom stereocenters. The molecule has 0 bridgehead atoms. The lowest BCUT2D eigenvalue weighted by atomic mass is 10.1. The van der Waals surface area contributed by atoms with Crippen LogP contribution < -0.4 is 10.2 Å². The van der Waals surface area contributed by atoms with E-state index in [4.69, 9.17) is 11.6 Å². The maximum atomic E-state index is 13.6. The number of nitrogens with zero attached hydrogens (tertiary/aromatic N) is 1. The van der Waals surface area contributed by atoms with Crippen LogP contribution in [0.5, 0.6) is 0 Å². The van der Waals surface area contributed by atoms with Gasteiger partial charge in [-0.2, -0.15) is 0 Å². The number of hydrogen-bond acceptors (Lipinski definition) is 4. The van der Waals surface area contributed by atoms with Crippen molar-refractivity contribution < 1.29 is 9.59 Å². The predicted molar refractivity (Wildman–Crippen MR) is 137 cm³/mol. The lowest BCUT2D eigenvalue weighted by molar-refractivity contribution is -0.115. The Morgan fingerprint density at radius 3 is 2.64 bits per heavy atom.